The van der Waals surface area contributed by atoms with Crippen LogP contribution in [0.1, 0.15) is 32.8 Å². The van der Waals surface area contributed by atoms with Gasteiger partial charge in [0.1, 0.15) is 11.3 Å². The van der Waals surface area contributed by atoms with Gasteiger partial charge in [0.25, 0.3) is 6.01 Å². The van der Waals surface area contributed by atoms with E-state index in [1.165, 1.54) is 0 Å². The molecule has 0 amide bonds. The summed E-state index contributed by atoms with van der Waals surface area (Å²) >= 11 is 0. The molecule has 0 fully saturated rings. The first-order valence-electron chi connectivity index (χ1n) is 9.51. The van der Waals surface area contributed by atoms with Crippen LogP contribution in [0, 0.1) is 0 Å². The van der Waals surface area contributed by atoms with E-state index in [1.54, 1.807) is 19.9 Å². The number of anilines is 1. The maximum Gasteiger partial charge on any atom is 0.347 e. The van der Waals surface area contributed by atoms with Crippen molar-refractivity contribution in [2.45, 2.75) is 39.2 Å². The first kappa shape index (κ1) is 19.7. The molecule has 0 aliphatic carbocycles. The summed E-state index contributed by atoms with van der Waals surface area (Å²) in [6.45, 7) is 6.79. The van der Waals surface area contributed by atoms with Gasteiger partial charge >= 0.3 is 5.97 Å². The lowest BCUT2D eigenvalue weighted by atomic mass is 10.1. The Bertz CT molecular complexity index is 915. The second-order valence-corrected chi connectivity index (χ2v) is 7.21. The molecule has 6 heteroatoms. The van der Waals surface area contributed by atoms with Gasteiger partial charge in [0.15, 0.2) is 11.2 Å². The van der Waals surface area contributed by atoms with Gasteiger partial charge in [0.05, 0.1) is 0 Å². The molecule has 0 atom stereocenters. The Kier molecular flexibility index (Phi) is 5.87. The topological polar surface area (TPSA) is 75.8 Å². The van der Waals surface area contributed by atoms with Crippen LogP contribution in [0.3, 0.4) is 0 Å². The van der Waals surface area contributed by atoms with Crippen molar-refractivity contribution in [2.75, 3.05) is 18.0 Å². The van der Waals surface area contributed by atoms with Gasteiger partial charge in [-0.15, -0.1) is 0 Å². The number of fused-ring (bicyclic) bond motifs is 1. The van der Waals surface area contributed by atoms with Crippen LogP contribution in [0.4, 0.5) is 6.01 Å². The smallest absolute Gasteiger partial charge is 0.347 e. The fraction of sp³-hybridized carbons (Fsp3) is 0.364. The van der Waals surface area contributed by atoms with Gasteiger partial charge in [-0.25, -0.2) is 4.79 Å². The number of carboxylic acids is 1. The molecule has 0 radical (unpaired) electrons. The van der Waals surface area contributed by atoms with Crippen LogP contribution < -0.4 is 9.64 Å². The van der Waals surface area contributed by atoms with Crippen LogP contribution in [0.25, 0.3) is 11.1 Å². The third-order valence-corrected chi connectivity index (χ3v) is 4.61. The fourth-order valence-electron chi connectivity index (χ4n) is 2.96. The summed E-state index contributed by atoms with van der Waals surface area (Å²) < 4.78 is 11.5. The molecule has 0 aliphatic rings. The number of hydrogen-bond acceptors (Lipinski definition) is 5. The molecule has 3 rings (SSSR count). The summed E-state index contributed by atoms with van der Waals surface area (Å²) in [5.41, 5.74) is 1.50. The summed E-state index contributed by atoms with van der Waals surface area (Å²) in [4.78, 5) is 17.9. The monoisotopic (exact) mass is 382 g/mol. The number of aryl methyl sites for hydroxylation is 1. The molecule has 1 N–H and O–H groups in total. The quantitative estimate of drug-likeness (QED) is 0.586. The maximum atomic E-state index is 11.2. The number of carbonyl (C=O) groups is 1. The molecule has 0 saturated carbocycles. The summed E-state index contributed by atoms with van der Waals surface area (Å²) in [5, 5.41) is 9.22. The summed E-state index contributed by atoms with van der Waals surface area (Å²) in [6.07, 6.45) is 1.76. The van der Waals surface area contributed by atoms with Gasteiger partial charge in [-0.05, 0) is 63.4 Å². The first-order chi connectivity index (χ1) is 13.4. The van der Waals surface area contributed by atoms with Gasteiger partial charge in [0.2, 0.25) is 0 Å². The molecule has 3 aromatic rings. The SMILES string of the molecule is CCN(CCCc1cccc(OC(C)(C)C(=O)O)c1)c1nc2ccccc2o1. The van der Waals surface area contributed by atoms with E-state index >= 15 is 0 Å². The largest absolute Gasteiger partial charge is 0.478 e. The van der Waals surface area contributed by atoms with Crippen LogP contribution in [-0.2, 0) is 11.2 Å². The van der Waals surface area contributed by atoms with Crippen molar-refractivity contribution in [3.8, 4) is 5.75 Å². The zero-order valence-electron chi connectivity index (χ0n) is 16.5. The summed E-state index contributed by atoms with van der Waals surface area (Å²) in [5.74, 6) is -0.425. The average molecular weight is 382 g/mol. The van der Waals surface area contributed by atoms with Gasteiger partial charge in [-0.1, -0.05) is 24.3 Å². The average Bonchev–Trinajstić information content (AvgIpc) is 3.09. The van der Waals surface area contributed by atoms with Crippen molar-refractivity contribution in [1.29, 1.82) is 0 Å². The zero-order chi connectivity index (χ0) is 20.1. The Morgan fingerprint density at radius 3 is 2.71 bits per heavy atom. The predicted molar refractivity (Wildman–Crippen MR) is 109 cm³/mol. The third kappa shape index (κ3) is 4.63. The second-order valence-electron chi connectivity index (χ2n) is 7.21. The molecule has 2 aromatic carbocycles. The van der Waals surface area contributed by atoms with E-state index in [9.17, 15) is 9.90 Å². The number of oxazole rings is 1. The van der Waals surface area contributed by atoms with E-state index < -0.39 is 11.6 Å². The van der Waals surface area contributed by atoms with Crippen LogP contribution in [-0.4, -0.2) is 34.8 Å². The minimum absolute atomic E-state index is 0.566. The van der Waals surface area contributed by atoms with Crippen molar-refractivity contribution in [3.05, 3.63) is 54.1 Å². The van der Waals surface area contributed by atoms with E-state index in [0.29, 0.717) is 11.8 Å². The Morgan fingerprint density at radius 2 is 2.00 bits per heavy atom. The van der Waals surface area contributed by atoms with Crippen molar-refractivity contribution in [1.82, 2.24) is 4.98 Å². The number of hydrogen-bond donors (Lipinski definition) is 1. The minimum Gasteiger partial charge on any atom is -0.478 e. The fourth-order valence-corrected chi connectivity index (χ4v) is 2.96. The Hall–Kier alpha value is -3.02. The molecular formula is C22H26N2O4. The standard InChI is InChI=1S/C22H26N2O4/c1-4-24(21-23-18-12-5-6-13-19(18)27-21)14-8-10-16-9-7-11-17(15-16)28-22(2,3)20(25)26/h5-7,9,11-13,15H,4,8,10,14H2,1-3H3,(H,25,26). The lowest BCUT2D eigenvalue weighted by Gasteiger charge is -2.22. The highest BCUT2D eigenvalue weighted by atomic mass is 16.5. The van der Waals surface area contributed by atoms with Crippen LogP contribution in [0.15, 0.2) is 52.9 Å². The Morgan fingerprint density at radius 1 is 1.21 bits per heavy atom. The molecule has 0 unspecified atom stereocenters. The van der Waals surface area contributed by atoms with Crippen LogP contribution >= 0.6 is 0 Å². The lowest BCUT2D eigenvalue weighted by Crippen LogP contribution is -2.37. The zero-order valence-corrected chi connectivity index (χ0v) is 16.5. The number of rotatable bonds is 9. The van der Waals surface area contributed by atoms with Gasteiger partial charge in [-0.2, -0.15) is 4.98 Å². The molecule has 148 valence electrons. The molecule has 0 bridgehead atoms. The highest BCUT2D eigenvalue weighted by Gasteiger charge is 2.29. The van der Waals surface area contributed by atoms with Gasteiger partial charge in [-0.3, -0.25) is 0 Å². The molecule has 1 heterocycles. The third-order valence-electron chi connectivity index (χ3n) is 4.61. The second kappa shape index (κ2) is 8.33. The highest BCUT2D eigenvalue weighted by molar-refractivity contribution is 5.76. The summed E-state index contributed by atoms with van der Waals surface area (Å²) in [7, 11) is 0. The number of ether oxygens (including phenoxy) is 1. The number of para-hydroxylation sites is 2. The molecular weight excluding hydrogens is 356 g/mol. The van der Waals surface area contributed by atoms with E-state index in [1.807, 2.05) is 42.5 Å². The number of nitrogens with zero attached hydrogens (tertiary/aromatic N) is 2. The van der Waals surface area contributed by atoms with Gasteiger partial charge < -0.3 is 19.2 Å². The minimum atomic E-state index is -1.26. The molecule has 0 saturated heterocycles. The molecule has 1 aromatic heterocycles. The number of aliphatic carboxylic acids is 1. The molecule has 6 nitrogen and oxygen atoms in total. The summed E-state index contributed by atoms with van der Waals surface area (Å²) in [6, 6.07) is 16.0. The first-order valence-corrected chi connectivity index (χ1v) is 9.51. The number of aromatic nitrogens is 1. The number of carboxylic acid groups (broad SMARTS) is 1. The van der Waals surface area contributed by atoms with Crippen LogP contribution in [0.2, 0.25) is 0 Å². The van der Waals surface area contributed by atoms with E-state index in [-0.39, 0.29) is 0 Å². The van der Waals surface area contributed by atoms with E-state index in [4.69, 9.17) is 9.15 Å². The van der Waals surface area contributed by atoms with Gasteiger partial charge in [0, 0.05) is 13.1 Å². The van der Waals surface area contributed by atoms with E-state index in [2.05, 4.69) is 16.8 Å². The molecule has 0 spiro atoms. The van der Waals surface area contributed by atoms with Crippen LogP contribution in [0.5, 0.6) is 5.75 Å². The van der Waals surface area contributed by atoms with Crippen molar-refractivity contribution in [2.24, 2.45) is 0 Å². The van der Waals surface area contributed by atoms with E-state index in [0.717, 1.165) is 42.6 Å². The predicted octanol–water partition coefficient (Wildman–Crippen LogP) is 4.53. The Balaban J connectivity index is 1.60. The molecule has 0 aliphatic heterocycles. The van der Waals surface area contributed by atoms with Crippen molar-refractivity contribution >= 4 is 23.1 Å². The Labute approximate surface area is 164 Å². The maximum absolute atomic E-state index is 11.2. The normalized spacial score (nSPS) is 11.5. The molecule has 28 heavy (non-hydrogen) atoms. The number of benzene rings is 2. The highest BCUT2D eigenvalue weighted by Crippen LogP contribution is 2.23. The lowest BCUT2D eigenvalue weighted by molar-refractivity contribution is -0.152. The van der Waals surface area contributed by atoms with Crippen molar-refractivity contribution < 1.29 is 19.1 Å². The van der Waals surface area contributed by atoms with Crippen molar-refractivity contribution in [3.63, 3.8) is 0 Å².